The second kappa shape index (κ2) is 21.6. The van der Waals surface area contributed by atoms with Gasteiger partial charge in [0, 0.05) is 33.0 Å². The fourth-order valence-corrected chi connectivity index (χ4v) is 11.2. The minimum absolute atomic E-state index is 0.0839. The normalized spacial score (nSPS) is 33.5. The predicted octanol–water partition coefficient (Wildman–Crippen LogP) is 9.89. The van der Waals surface area contributed by atoms with Crippen LogP contribution in [0.1, 0.15) is 143 Å². The number of aliphatic hydroxyl groups is 2. The molecule has 4 aliphatic rings. The van der Waals surface area contributed by atoms with Crippen molar-refractivity contribution < 1.29 is 19.8 Å². The third kappa shape index (κ3) is 12.0. The van der Waals surface area contributed by atoms with Crippen LogP contribution in [0.2, 0.25) is 0 Å². The largest absolute Gasteiger partial charge is 0.393 e. The zero-order valence-electron chi connectivity index (χ0n) is 34.2. The molecule has 0 bridgehead atoms. The van der Waals surface area contributed by atoms with Crippen molar-refractivity contribution in [3.63, 3.8) is 0 Å². The first-order valence-corrected chi connectivity index (χ1v) is 21.6. The highest BCUT2D eigenvalue weighted by Crippen LogP contribution is 2.68. The SMILES string of the molecule is CC/C=C\C/C=C\C/C=C\C/C=C\C/C=C\CCCC(=O)N(C)CCNC(=O)CC[C@@H](C)C1CC[C@H]2[C@@H]3[C@H](O)C[C@@H]4C[C@H](O)CC[C@]4(C)[C@H]3CC[C@]12C. The van der Waals surface area contributed by atoms with E-state index in [1.165, 1.54) is 25.7 Å². The molecule has 2 amide bonds. The van der Waals surface area contributed by atoms with Crippen molar-refractivity contribution in [3.8, 4) is 0 Å². The zero-order chi connectivity index (χ0) is 38.3. The van der Waals surface area contributed by atoms with Crippen LogP contribution in [0.3, 0.4) is 0 Å². The van der Waals surface area contributed by atoms with E-state index in [2.05, 4.69) is 93.8 Å². The number of nitrogens with zero attached hydrogens (tertiary/aromatic N) is 1. The zero-order valence-corrected chi connectivity index (χ0v) is 34.2. The highest BCUT2D eigenvalue weighted by atomic mass is 16.3. The molecule has 4 rings (SSSR count). The number of rotatable bonds is 20. The third-order valence-corrected chi connectivity index (χ3v) is 14.4. The van der Waals surface area contributed by atoms with Crippen molar-refractivity contribution in [2.45, 2.75) is 155 Å². The Labute approximate surface area is 323 Å². The molecule has 4 fully saturated rings. The van der Waals surface area contributed by atoms with Crippen molar-refractivity contribution >= 4 is 11.8 Å². The lowest BCUT2D eigenvalue weighted by atomic mass is 9.43. The molecule has 6 nitrogen and oxygen atoms in total. The molecule has 53 heavy (non-hydrogen) atoms. The first-order valence-electron chi connectivity index (χ1n) is 21.6. The number of aliphatic hydroxyl groups excluding tert-OH is 2. The molecule has 0 aromatic carbocycles. The van der Waals surface area contributed by atoms with E-state index in [1.54, 1.807) is 4.90 Å². The number of likely N-dealkylation sites (N-methyl/N-ethyl adjacent to an activating group) is 1. The average Bonchev–Trinajstić information content (AvgIpc) is 3.49. The van der Waals surface area contributed by atoms with Gasteiger partial charge in [-0.1, -0.05) is 88.5 Å². The van der Waals surface area contributed by atoms with Crippen molar-refractivity contribution in [1.82, 2.24) is 10.2 Å². The molecule has 4 saturated carbocycles. The second-order valence-electron chi connectivity index (χ2n) is 17.7. The Morgan fingerprint density at radius 3 is 2.06 bits per heavy atom. The van der Waals surface area contributed by atoms with Crippen LogP contribution in [0.5, 0.6) is 0 Å². The van der Waals surface area contributed by atoms with Crippen molar-refractivity contribution in [2.24, 2.45) is 46.3 Å². The van der Waals surface area contributed by atoms with E-state index in [0.29, 0.717) is 61.4 Å². The van der Waals surface area contributed by atoms with Crippen LogP contribution >= 0.6 is 0 Å². The molecular weight excluding hydrogens is 657 g/mol. The summed E-state index contributed by atoms with van der Waals surface area (Å²) in [4.78, 5) is 27.2. The number of allylic oxidation sites excluding steroid dienone is 10. The molecule has 0 saturated heterocycles. The lowest BCUT2D eigenvalue weighted by Gasteiger charge is -2.62. The fraction of sp³-hybridized carbons (Fsp3) is 0.745. The maximum Gasteiger partial charge on any atom is 0.222 e. The maximum absolute atomic E-state index is 12.9. The van der Waals surface area contributed by atoms with Crippen LogP contribution < -0.4 is 5.32 Å². The molecule has 1 unspecified atom stereocenters. The predicted molar refractivity (Wildman–Crippen MR) is 220 cm³/mol. The molecule has 3 N–H and O–H groups in total. The average molecular weight is 733 g/mol. The van der Waals surface area contributed by atoms with Crippen molar-refractivity contribution in [3.05, 3.63) is 60.8 Å². The van der Waals surface area contributed by atoms with Gasteiger partial charge in [-0.2, -0.15) is 0 Å². The molecule has 6 heteroatoms. The lowest BCUT2D eigenvalue weighted by Crippen LogP contribution is -2.58. The van der Waals surface area contributed by atoms with Crippen LogP contribution in [-0.4, -0.2) is 59.3 Å². The number of unbranched alkanes of at least 4 members (excludes halogenated alkanes) is 1. The summed E-state index contributed by atoms with van der Waals surface area (Å²) in [6.07, 6.45) is 38.7. The minimum Gasteiger partial charge on any atom is -0.393 e. The fourth-order valence-electron chi connectivity index (χ4n) is 11.2. The summed E-state index contributed by atoms with van der Waals surface area (Å²) in [5, 5.41) is 25.0. The second-order valence-corrected chi connectivity index (χ2v) is 17.7. The molecule has 4 aliphatic carbocycles. The van der Waals surface area contributed by atoms with Gasteiger partial charge in [0.05, 0.1) is 12.2 Å². The molecule has 298 valence electrons. The smallest absolute Gasteiger partial charge is 0.222 e. The Bertz CT molecular complexity index is 1280. The van der Waals surface area contributed by atoms with Gasteiger partial charge >= 0.3 is 0 Å². The van der Waals surface area contributed by atoms with Gasteiger partial charge in [0.25, 0.3) is 0 Å². The highest BCUT2D eigenvalue weighted by Gasteiger charge is 2.62. The van der Waals surface area contributed by atoms with Crippen molar-refractivity contribution in [2.75, 3.05) is 20.1 Å². The third-order valence-electron chi connectivity index (χ3n) is 14.4. The van der Waals surface area contributed by atoms with Crippen LogP contribution in [0, 0.1) is 46.3 Å². The van der Waals surface area contributed by atoms with Gasteiger partial charge in [0.1, 0.15) is 0 Å². The Morgan fingerprint density at radius 1 is 0.792 bits per heavy atom. The van der Waals surface area contributed by atoms with E-state index in [9.17, 15) is 19.8 Å². The number of fused-ring (bicyclic) bond motifs is 5. The van der Waals surface area contributed by atoms with E-state index in [0.717, 1.165) is 77.0 Å². The number of amides is 2. The van der Waals surface area contributed by atoms with Gasteiger partial charge in [-0.15, -0.1) is 0 Å². The molecule has 0 aromatic rings. The summed E-state index contributed by atoms with van der Waals surface area (Å²) in [5.41, 5.74) is 0.480. The minimum atomic E-state index is -0.248. The summed E-state index contributed by atoms with van der Waals surface area (Å²) >= 11 is 0. The number of hydrogen-bond acceptors (Lipinski definition) is 4. The van der Waals surface area contributed by atoms with Gasteiger partial charge in [0.2, 0.25) is 11.8 Å². The van der Waals surface area contributed by atoms with E-state index in [1.807, 2.05) is 7.05 Å². The van der Waals surface area contributed by atoms with Crippen LogP contribution in [-0.2, 0) is 9.59 Å². The molecular formula is C47H76N2O4. The summed E-state index contributed by atoms with van der Waals surface area (Å²) in [7, 11) is 1.83. The number of nitrogens with one attached hydrogen (secondary N) is 1. The molecule has 0 aromatic heterocycles. The molecule has 10 atom stereocenters. The first kappa shape index (κ1) is 43.3. The summed E-state index contributed by atoms with van der Waals surface area (Å²) in [6.45, 7) is 10.5. The van der Waals surface area contributed by atoms with E-state index in [-0.39, 0.29) is 34.9 Å². The maximum atomic E-state index is 12.9. The quantitative estimate of drug-likeness (QED) is 0.0859. The monoisotopic (exact) mass is 733 g/mol. The van der Waals surface area contributed by atoms with Gasteiger partial charge in [-0.25, -0.2) is 0 Å². The van der Waals surface area contributed by atoms with Gasteiger partial charge in [0.15, 0.2) is 0 Å². The van der Waals surface area contributed by atoms with Gasteiger partial charge in [-0.05, 0) is 149 Å². The summed E-state index contributed by atoms with van der Waals surface area (Å²) < 4.78 is 0. The summed E-state index contributed by atoms with van der Waals surface area (Å²) in [5.74, 6) is 3.22. The number of carbonyl (C=O) groups excluding carboxylic acids is 2. The van der Waals surface area contributed by atoms with Crippen LogP contribution in [0.25, 0.3) is 0 Å². The molecule has 0 heterocycles. The topological polar surface area (TPSA) is 89.9 Å². The molecule has 0 spiro atoms. The van der Waals surface area contributed by atoms with Crippen LogP contribution in [0.4, 0.5) is 0 Å². The van der Waals surface area contributed by atoms with E-state index in [4.69, 9.17) is 0 Å². The lowest BCUT2D eigenvalue weighted by molar-refractivity contribution is -0.174. The van der Waals surface area contributed by atoms with Gasteiger partial charge < -0.3 is 20.4 Å². The Balaban J connectivity index is 1.06. The molecule has 0 aliphatic heterocycles. The Hall–Kier alpha value is -2.44. The van der Waals surface area contributed by atoms with Crippen molar-refractivity contribution in [1.29, 1.82) is 0 Å². The first-order chi connectivity index (χ1) is 25.5. The highest BCUT2D eigenvalue weighted by molar-refractivity contribution is 5.77. The number of hydrogen-bond donors (Lipinski definition) is 3. The number of carbonyl (C=O) groups is 2. The Morgan fingerprint density at radius 2 is 1.40 bits per heavy atom. The van der Waals surface area contributed by atoms with Crippen LogP contribution in [0.15, 0.2) is 60.8 Å². The Kier molecular flexibility index (Phi) is 17.6. The summed E-state index contributed by atoms with van der Waals surface area (Å²) in [6, 6.07) is 0. The molecule has 0 radical (unpaired) electrons. The standard InChI is InChI=1S/C47H76N2O4/c1-6-7-8-9-10-11-12-13-14-15-16-17-18-19-20-21-22-23-44(53)49(5)33-32-48-43(52)27-24-36(2)39-25-26-40-45-41(29-31-47(39,40)4)46(3)30-28-38(50)34-37(46)35-42(45)51/h7-8,10-11,13-14,16-17,19-20,36-42,45,50-51H,6,9,12,15,18,21-35H2,1-5H3,(H,48,52)/b8-7-,11-10-,14-13-,17-16-,20-19-/t36-,37+,38-,39?,40+,41+,42-,45+,46+,47-/m1/s1. The van der Waals surface area contributed by atoms with Gasteiger partial charge in [-0.3, -0.25) is 9.59 Å². The van der Waals surface area contributed by atoms with E-state index < -0.39 is 0 Å². The van der Waals surface area contributed by atoms with E-state index >= 15 is 0 Å².